The molecule has 0 aliphatic heterocycles. The van der Waals surface area contributed by atoms with Crippen molar-refractivity contribution in [3.8, 4) is 0 Å². The maximum absolute atomic E-state index is 10.3. The van der Waals surface area contributed by atoms with Crippen LogP contribution in [0.2, 0.25) is 0 Å². The quantitative estimate of drug-likeness (QED) is 0.523. The van der Waals surface area contributed by atoms with Gasteiger partial charge in [-0.1, -0.05) is 56.6 Å². The lowest BCUT2D eigenvalue weighted by Crippen LogP contribution is -2.44. The van der Waals surface area contributed by atoms with Crippen molar-refractivity contribution in [1.82, 2.24) is 0 Å². The Morgan fingerprint density at radius 3 is 2.50 bits per heavy atom. The third-order valence-corrected chi connectivity index (χ3v) is 6.36. The first-order valence-electron chi connectivity index (χ1n) is 9.68. The van der Waals surface area contributed by atoms with E-state index in [9.17, 15) is 9.90 Å². The van der Waals surface area contributed by atoms with Gasteiger partial charge in [-0.15, -0.1) is 6.58 Å². The van der Waals surface area contributed by atoms with Gasteiger partial charge in [-0.05, 0) is 56.3 Å². The second kappa shape index (κ2) is 8.56. The van der Waals surface area contributed by atoms with Crippen molar-refractivity contribution in [2.45, 2.75) is 79.2 Å². The lowest BCUT2D eigenvalue weighted by molar-refractivity contribution is -0.137. The number of carbonyl (C=O) groups excluding carboxylic acids is 1. The Morgan fingerprint density at radius 2 is 2.00 bits per heavy atom. The molecule has 148 valence electrons. The molecule has 1 saturated carbocycles. The zero-order valence-corrected chi connectivity index (χ0v) is 17.8. The summed E-state index contributed by atoms with van der Waals surface area (Å²) < 4.78 is 4.11. The van der Waals surface area contributed by atoms with E-state index in [2.05, 4.69) is 51.2 Å². The summed E-state index contributed by atoms with van der Waals surface area (Å²) in [5.41, 5.74) is 2.84. The summed E-state index contributed by atoms with van der Waals surface area (Å²) in [5, 5.41) is 10.3. The van der Waals surface area contributed by atoms with Crippen LogP contribution in [0, 0.1) is 16.7 Å². The summed E-state index contributed by atoms with van der Waals surface area (Å²) in [4.78, 5) is 9.59. The van der Waals surface area contributed by atoms with Crippen molar-refractivity contribution in [2.24, 2.45) is 16.7 Å². The van der Waals surface area contributed by atoms with E-state index in [4.69, 9.17) is 0 Å². The first-order valence-corrected chi connectivity index (χ1v) is 9.68. The molecule has 3 heteroatoms. The second-order valence-corrected chi connectivity index (χ2v) is 9.01. The van der Waals surface area contributed by atoms with Crippen LogP contribution >= 0.6 is 0 Å². The number of methoxy groups -OCH3 is 1. The van der Waals surface area contributed by atoms with E-state index in [0.29, 0.717) is 11.3 Å². The zero-order chi connectivity index (χ0) is 20.2. The van der Waals surface area contributed by atoms with Gasteiger partial charge in [0.05, 0.1) is 12.7 Å². The lowest BCUT2D eigenvalue weighted by atomic mass is 9.51. The van der Waals surface area contributed by atoms with Gasteiger partial charge in [0.25, 0.3) is 0 Å². The first-order chi connectivity index (χ1) is 11.9. The Bertz CT molecular complexity index is 580. The molecule has 0 spiro atoms. The number of carbonyl (C=O) groups is 1. The molecule has 0 radical (unpaired) electrons. The van der Waals surface area contributed by atoms with Gasteiger partial charge in [0.2, 0.25) is 0 Å². The number of aliphatic hydroxyl groups is 1. The lowest BCUT2D eigenvalue weighted by Gasteiger charge is -2.53. The second-order valence-electron chi connectivity index (χ2n) is 9.01. The van der Waals surface area contributed by atoms with Gasteiger partial charge in [-0.25, -0.2) is 0 Å². The third-order valence-electron chi connectivity index (χ3n) is 6.36. The van der Waals surface area contributed by atoms with Crippen LogP contribution in [0.15, 0.2) is 36.0 Å². The molecule has 3 nitrogen and oxygen atoms in total. The van der Waals surface area contributed by atoms with Crippen LogP contribution in [-0.2, 0) is 9.53 Å². The Morgan fingerprint density at radius 1 is 1.42 bits per heavy atom. The Balaban J connectivity index is 0.000000597. The summed E-state index contributed by atoms with van der Waals surface area (Å²) >= 11 is 0. The fourth-order valence-electron chi connectivity index (χ4n) is 4.65. The summed E-state index contributed by atoms with van der Waals surface area (Å²) in [6, 6.07) is 0. The van der Waals surface area contributed by atoms with E-state index in [1.807, 2.05) is 6.92 Å². The monoisotopic (exact) mass is 362 g/mol. The van der Waals surface area contributed by atoms with Gasteiger partial charge in [-0.2, -0.15) is 0 Å². The van der Waals surface area contributed by atoms with Gasteiger partial charge in [-0.3, -0.25) is 4.79 Å². The van der Waals surface area contributed by atoms with Gasteiger partial charge >= 0.3 is 5.97 Å². The third kappa shape index (κ3) is 5.33. The number of hydrogen-bond donors (Lipinski definition) is 1. The standard InChI is InChI=1S/C20H32O.C3H6O2/c1-7-19(5,21)14-11-16-15(2)9-10-17-18(3,4)12-8-13-20(16,17)6;1-3(4)5-2/h7,9-10,17,21H,1,8,11-14H2,2-6H3;1-2H3. The molecule has 0 amide bonds. The van der Waals surface area contributed by atoms with Crippen molar-refractivity contribution in [3.05, 3.63) is 36.0 Å². The van der Waals surface area contributed by atoms with E-state index in [0.717, 1.165) is 12.8 Å². The number of hydrogen-bond acceptors (Lipinski definition) is 3. The molecule has 0 aromatic heterocycles. The predicted octanol–water partition coefficient (Wildman–Crippen LogP) is 5.60. The fraction of sp³-hybridized carbons (Fsp3) is 0.696. The molecule has 0 aromatic carbocycles. The van der Waals surface area contributed by atoms with Gasteiger partial charge in [0.15, 0.2) is 0 Å². The SMILES string of the molecule is C=CC(C)(O)CCC1=C(C)C=CC2C(C)(C)CCCC12C.COC(C)=O. The average molecular weight is 363 g/mol. The van der Waals surface area contributed by atoms with Crippen LogP contribution in [-0.4, -0.2) is 23.8 Å². The molecule has 1 N–H and O–H groups in total. The van der Waals surface area contributed by atoms with E-state index in [1.54, 1.807) is 11.6 Å². The molecule has 1 fully saturated rings. The van der Waals surface area contributed by atoms with Crippen LogP contribution in [0.25, 0.3) is 0 Å². The maximum Gasteiger partial charge on any atom is 0.302 e. The van der Waals surface area contributed by atoms with Crippen molar-refractivity contribution >= 4 is 5.97 Å². The summed E-state index contributed by atoms with van der Waals surface area (Å²) in [6.45, 7) is 16.5. The van der Waals surface area contributed by atoms with Crippen molar-refractivity contribution in [1.29, 1.82) is 0 Å². The molecule has 26 heavy (non-hydrogen) atoms. The molecule has 2 aliphatic rings. The zero-order valence-electron chi connectivity index (χ0n) is 17.8. The predicted molar refractivity (Wildman–Crippen MR) is 109 cm³/mol. The van der Waals surface area contributed by atoms with E-state index < -0.39 is 5.60 Å². The number of esters is 1. The topological polar surface area (TPSA) is 46.5 Å². The molecule has 3 unspecified atom stereocenters. The molecule has 3 atom stereocenters. The van der Waals surface area contributed by atoms with Crippen molar-refractivity contribution in [3.63, 3.8) is 0 Å². The van der Waals surface area contributed by atoms with Crippen LogP contribution in [0.1, 0.15) is 73.6 Å². The van der Waals surface area contributed by atoms with Crippen LogP contribution < -0.4 is 0 Å². The van der Waals surface area contributed by atoms with Crippen molar-refractivity contribution in [2.75, 3.05) is 7.11 Å². The van der Waals surface area contributed by atoms with Crippen LogP contribution in [0.4, 0.5) is 0 Å². The highest BCUT2D eigenvalue weighted by molar-refractivity contribution is 5.65. The van der Waals surface area contributed by atoms with E-state index in [1.165, 1.54) is 38.9 Å². The highest BCUT2D eigenvalue weighted by Gasteiger charge is 2.48. The normalized spacial score (nSPS) is 29.0. The summed E-state index contributed by atoms with van der Waals surface area (Å²) in [7, 11) is 1.35. The minimum absolute atomic E-state index is 0.245. The van der Waals surface area contributed by atoms with Crippen LogP contribution in [0.5, 0.6) is 0 Å². The Hall–Kier alpha value is -1.35. The van der Waals surface area contributed by atoms with Gasteiger partial charge < -0.3 is 9.84 Å². The number of ether oxygens (including phenoxy) is 1. The minimum Gasteiger partial charge on any atom is -0.469 e. The maximum atomic E-state index is 10.3. The molecule has 2 rings (SSSR count). The number of rotatable bonds is 4. The average Bonchev–Trinajstić information content (AvgIpc) is 2.53. The van der Waals surface area contributed by atoms with Gasteiger partial charge in [0, 0.05) is 6.92 Å². The Kier molecular flexibility index (Phi) is 7.47. The highest BCUT2D eigenvalue weighted by Crippen LogP contribution is 2.58. The number of allylic oxidation sites excluding steroid dienone is 4. The fourth-order valence-corrected chi connectivity index (χ4v) is 4.65. The van der Waals surface area contributed by atoms with E-state index >= 15 is 0 Å². The largest absolute Gasteiger partial charge is 0.469 e. The minimum atomic E-state index is -0.759. The van der Waals surface area contributed by atoms with Crippen molar-refractivity contribution < 1.29 is 14.6 Å². The number of fused-ring (bicyclic) bond motifs is 1. The molecule has 0 heterocycles. The molecule has 0 saturated heterocycles. The molecule has 0 aromatic rings. The molecule has 0 bridgehead atoms. The van der Waals surface area contributed by atoms with Gasteiger partial charge in [0.1, 0.15) is 0 Å². The summed E-state index contributed by atoms with van der Waals surface area (Å²) in [6.07, 6.45) is 12.1. The summed E-state index contributed by atoms with van der Waals surface area (Å²) in [5.74, 6) is 0.371. The highest BCUT2D eigenvalue weighted by atomic mass is 16.5. The smallest absolute Gasteiger partial charge is 0.302 e. The Labute approximate surface area is 160 Å². The van der Waals surface area contributed by atoms with E-state index in [-0.39, 0.29) is 11.4 Å². The molecular weight excluding hydrogens is 324 g/mol. The molecule has 2 aliphatic carbocycles. The first kappa shape index (κ1) is 22.7. The van der Waals surface area contributed by atoms with Crippen LogP contribution in [0.3, 0.4) is 0 Å². The molecular formula is C23H38O3.